The van der Waals surface area contributed by atoms with Gasteiger partial charge in [0.1, 0.15) is 0 Å². The summed E-state index contributed by atoms with van der Waals surface area (Å²) in [5.74, 6) is 0.768. The van der Waals surface area contributed by atoms with E-state index in [1.165, 1.54) is 6.07 Å². The molecule has 0 aromatic heterocycles. The van der Waals surface area contributed by atoms with Crippen molar-refractivity contribution in [2.45, 2.75) is 11.4 Å². The molecule has 1 aromatic rings. The van der Waals surface area contributed by atoms with Crippen molar-refractivity contribution in [3.63, 3.8) is 0 Å². The summed E-state index contributed by atoms with van der Waals surface area (Å²) in [6.45, 7) is 0. The molecule has 0 N–H and O–H groups in total. The Morgan fingerprint density at radius 1 is 1.50 bits per heavy atom. The molecule has 0 saturated heterocycles. The van der Waals surface area contributed by atoms with Crippen molar-refractivity contribution in [1.29, 1.82) is 0 Å². The minimum absolute atomic E-state index is 0. The average molecular weight is 337 g/mol. The smallest absolute Gasteiger partial charge is 0.827 e. The summed E-state index contributed by atoms with van der Waals surface area (Å²) in [6.07, 6.45) is 1.94. The molecule has 0 saturated carbocycles. The monoisotopic (exact) mass is 336 g/mol. The van der Waals surface area contributed by atoms with Crippen molar-refractivity contribution in [2.24, 2.45) is 0 Å². The standard InChI is InChI=1S/C9H9BrF2OPS.Na/c1-15-5-6-2-3-7(8(10)4-6)9(11,12)14-13;/h2-4,14H,5H2,1H3;/q-1;+1. The third-order valence-corrected chi connectivity index (χ3v) is 3.61. The predicted octanol–water partition coefficient (Wildman–Crippen LogP) is 0.319. The molecular weight excluding hydrogens is 328 g/mol. The summed E-state index contributed by atoms with van der Waals surface area (Å²) in [5, 5.41) is 0. The van der Waals surface area contributed by atoms with Gasteiger partial charge in [0, 0.05) is 15.8 Å². The average Bonchev–Trinajstić information content (AvgIpc) is 2.18. The zero-order valence-electron chi connectivity index (χ0n) is 8.89. The van der Waals surface area contributed by atoms with Gasteiger partial charge in [-0.1, -0.05) is 28.1 Å². The van der Waals surface area contributed by atoms with Crippen LogP contribution in [0.25, 0.3) is 0 Å². The third kappa shape index (κ3) is 4.52. The Balaban J connectivity index is 0.00000225. The zero-order chi connectivity index (χ0) is 11.5. The first-order valence-electron chi connectivity index (χ1n) is 4.06. The van der Waals surface area contributed by atoms with Crippen LogP contribution in [0.15, 0.2) is 22.7 Å². The summed E-state index contributed by atoms with van der Waals surface area (Å²) >= 11 is 4.68. The van der Waals surface area contributed by atoms with Crippen molar-refractivity contribution in [3.05, 3.63) is 33.8 Å². The Hall–Kier alpha value is 1.30. The van der Waals surface area contributed by atoms with Gasteiger partial charge in [-0.25, -0.2) is 0 Å². The second kappa shape index (κ2) is 7.67. The number of hydrogen-bond acceptors (Lipinski definition) is 2. The zero-order valence-corrected chi connectivity index (χ0v) is 14.3. The molecule has 84 valence electrons. The van der Waals surface area contributed by atoms with E-state index in [0.717, 1.165) is 11.3 Å². The van der Waals surface area contributed by atoms with Gasteiger partial charge in [0.15, 0.2) is 0 Å². The van der Waals surface area contributed by atoms with Gasteiger partial charge in [0.05, 0.1) is 0 Å². The molecule has 0 aliphatic rings. The Labute approximate surface area is 130 Å². The quantitative estimate of drug-likeness (QED) is 0.584. The molecule has 1 rings (SSSR count). The summed E-state index contributed by atoms with van der Waals surface area (Å²) in [7, 11) is -1.66. The van der Waals surface area contributed by atoms with Crippen LogP contribution in [0.5, 0.6) is 0 Å². The molecular formula is C9H9BrF2NaOPS. The Morgan fingerprint density at radius 2 is 2.12 bits per heavy atom. The normalized spacial score (nSPS) is 11.8. The van der Waals surface area contributed by atoms with Crippen LogP contribution in [-0.2, 0) is 11.4 Å². The summed E-state index contributed by atoms with van der Waals surface area (Å²) in [6, 6.07) is 4.59. The van der Waals surface area contributed by atoms with Crippen LogP contribution in [0.3, 0.4) is 0 Å². The van der Waals surface area contributed by atoms with Crippen LogP contribution in [0.4, 0.5) is 8.78 Å². The maximum Gasteiger partial charge on any atom is 1.00 e. The fourth-order valence-electron chi connectivity index (χ4n) is 1.12. The molecule has 1 nitrogen and oxygen atoms in total. The van der Waals surface area contributed by atoms with E-state index >= 15 is 0 Å². The largest absolute Gasteiger partial charge is 1.00 e. The van der Waals surface area contributed by atoms with Crippen molar-refractivity contribution >= 4 is 36.5 Å². The minimum atomic E-state index is -3.27. The summed E-state index contributed by atoms with van der Waals surface area (Å²) in [4.78, 5) is 10.4. The van der Waals surface area contributed by atoms with Gasteiger partial charge in [-0.3, -0.25) is 0 Å². The second-order valence-electron chi connectivity index (χ2n) is 2.92. The Bertz CT molecular complexity index is 354. The number of benzene rings is 1. The van der Waals surface area contributed by atoms with Crippen molar-refractivity contribution < 1.29 is 43.2 Å². The molecule has 7 heteroatoms. The van der Waals surface area contributed by atoms with E-state index in [-0.39, 0.29) is 35.1 Å². The van der Waals surface area contributed by atoms with Gasteiger partial charge in [-0.2, -0.15) is 20.5 Å². The van der Waals surface area contributed by atoms with Crippen LogP contribution in [0.2, 0.25) is 0 Å². The second-order valence-corrected chi connectivity index (χ2v) is 5.48. The molecule has 0 radical (unpaired) electrons. The van der Waals surface area contributed by atoms with E-state index in [2.05, 4.69) is 15.9 Å². The Morgan fingerprint density at radius 3 is 2.56 bits per heavy atom. The van der Waals surface area contributed by atoms with Crippen LogP contribution in [-0.4, -0.2) is 6.26 Å². The number of rotatable bonds is 4. The molecule has 0 amide bonds. The van der Waals surface area contributed by atoms with Crippen molar-refractivity contribution in [1.82, 2.24) is 0 Å². The first-order chi connectivity index (χ1) is 7.01. The van der Waals surface area contributed by atoms with Crippen LogP contribution >= 0.6 is 36.5 Å². The predicted molar refractivity (Wildman–Crippen MR) is 63.6 cm³/mol. The molecule has 0 fully saturated rings. The minimum Gasteiger partial charge on any atom is -0.827 e. The fourth-order valence-corrected chi connectivity index (χ4v) is 2.82. The van der Waals surface area contributed by atoms with Gasteiger partial charge in [-0.05, 0) is 17.9 Å². The molecule has 1 aromatic carbocycles. The van der Waals surface area contributed by atoms with Crippen molar-refractivity contribution in [2.75, 3.05) is 6.26 Å². The van der Waals surface area contributed by atoms with E-state index in [1.807, 2.05) is 6.26 Å². The molecule has 1 unspecified atom stereocenters. The molecule has 0 aliphatic carbocycles. The molecule has 16 heavy (non-hydrogen) atoms. The van der Waals surface area contributed by atoms with Gasteiger partial charge in [-0.15, -0.1) is 8.81 Å². The topological polar surface area (TPSA) is 23.1 Å². The molecule has 0 bridgehead atoms. The Kier molecular flexibility index (Phi) is 8.30. The van der Waals surface area contributed by atoms with Gasteiger partial charge < -0.3 is 4.89 Å². The van der Waals surface area contributed by atoms with E-state index in [9.17, 15) is 13.7 Å². The molecule has 1 atom stereocenters. The van der Waals surface area contributed by atoms with E-state index in [0.29, 0.717) is 4.47 Å². The van der Waals surface area contributed by atoms with Gasteiger partial charge in [0.2, 0.25) is 0 Å². The summed E-state index contributed by atoms with van der Waals surface area (Å²) < 4.78 is 26.6. The number of thioether (sulfide) groups is 1. The summed E-state index contributed by atoms with van der Waals surface area (Å²) in [5.41, 5.74) is -2.53. The van der Waals surface area contributed by atoms with Gasteiger partial charge in [0.25, 0.3) is 5.66 Å². The van der Waals surface area contributed by atoms with Crippen LogP contribution in [0, 0.1) is 0 Å². The van der Waals surface area contributed by atoms with E-state index in [4.69, 9.17) is 0 Å². The molecule has 0 spiro atoms. The van der Waals surface area contributed by atoms with Crippen LogP contribution < -0.4 is 34.5 Å². The number of halogens is 3. The maximum absolute atomic E-state index is 13.1. The SMILES string of the molecule is CSCc1ccc(C(F)(F)P[O-])c(Br)c1.[Na+]. The number of hydrogen-bond donors (Lipinski definition) is 0. The molecule has 0 aliphatic heterocycles. The van der Waals surface area contributed by atoms with Crippen molar-refractivity contribution in [3.8, 4) is 0 Å². The first kappa shape index (κ1) is 17.3. The maximum atomic E-state index is 13.1. The van der Waals surface area contributed by atoms with E-state index < -0.39 is 14.5 Å². The number of alkyl halides is 2. The van der Waals surface area contributed by atoms with Gasteiger partial charge >= 0.3 is 29.6 Å². The third-order valence-electron chi connectivity index (χ3n) is 1.81. The first-order valence-corrected chi connectivity index (χ1v) is 7.15. The molecule has 0 heterocycles. The van der Waals surface area contributed by atoms with E-state index in [1.54, 1.807) is 23.9 Å². The fraction of sp³-hybridized carbons (Fsp3) is 0.333. The van der Waals surface area contributed by atoms with Crippen LogP contribution in [0.1, 0.15) is 11.1 Å².